The first-order valence-electron chi connectivity index (χ1n) is 7.34. The first-order valence-corrected chi connectivity index (χ1v) is 7.34. The molecule has 1 N–H and O–H groups in total. The van der Waals surface area contributed by atoms with Gasteiger partial charge < -0.3 is 10.1 Å². The molecule has 0 aliphatic carbocycles. The van der Waals surface area contributed by atoms with Gasteiger partial charge in [-0.05, 0) is 33.7 Å². The van der Waals surface area contributed by atoms with E-state index in [0.717, 1.165) is 6.42 Å². The van der Waals surface area contributed by atoms with E-state index in [9.17, 15) is 14.4 Å². The molecule has 120 valence electrons. The number of esters is 1. The fourth-order valence-electron chi connectivity index (χ4n) is 2.24. The summed E-state index contributed by atoms with van der Waals surface area (Å²) in [6, 6.07) is -0.377. The number of amides is 3. The molecule has 0 spiro atoms. The Morgan fingerprint density at radius 3 is 2.43 bits per heavy atom. The predicted octanol–water partition coefficient (Wildman–Crippen LogP) is 0.592. The maximum absolute atomic E-state index is 12.1. The molecule has 3 amide bonds. The Morgan fingerprint density at radius 2 is 1.95 bits per heavy atom. The smallest absolute Gasteiger partial charge is 0.325 e. The van der Waals surface area contributed by atoms with Gasteiger partial charge >= 0.3 is 12.0 Å². The highest BCUT2D eigenvalue weighted by atomic mass is 16.5. The molecule has 0 bridgehead atoms. The highest BCUT2D eigenvalue weighted by Crippen LogP contribution is 2.16. The zero-order valence-electron chi connectivity index (χ0n) is 13.3. The van der Waals surface area contributed by atoms with E-state index in [1.807, 2.05) is 11.8 Å². The monoisotopic (exact) mass is 299 g/mol. The van der Waals surface area contributed by atoms with Crippen LogP contribution in [0.1, 0.15) is 34.1 Å². The number of urea groups is 1. The minimum absolute atomic E-state index is 0.175. The molecule has 21 heavy (non-hydrogen) atoms. The minimum atomic E-state index is -0.853. The van der Waals surface area contributed by atoms with Crippen molar-refractivity contribution < 1.29 is 19.1 Å². The van der Waals surface area contributed by atoms with E-state index in [1.54, 1.807) is 20.8 Å². The largest absolute Gasteiger partial charge is 0.465 e. The highest BCUT2D eigenvalue weighted by Gasteiger charge is 2.43. The van der Waals surface area contributed by atoms with Crippen molar-refractivity contribution in [1.29, 1.82) is 0 Å². The third-order valence-corrected chi connectivity index (χ3v) is 3.28. The number of nitrogens with zero attached hydrogens (tertiary/aromatic N) is 2. The molecule has 0 radical (unpaired) electrons. The molecular weight excluding hydrogens is 274 g/mol. The van der Waals surface area contributed by atoms with E-state index in [1.165, 1.54) is 4.90 Å². The van der Waals surface area contributed by atoms with E-state index < -0.39 is 5.54 Å². The van der Waals surface area contributed by atoms with Crippen molar-refractivity contribution in [2.45, 2.75) is 39.7 Å². The average Bonchev–Trinajstić information content (AvgIpc) is 2.57. The fourth-order valence-corrected chi connectivity index (χ4v) is 2.24. The third kappa shape index (κ3) is 4.70. The van der Waals surface area contributed by atoms with Gasteiger partial charge in [-0.1, -0.05) is 6.92 Å². The molecule has 0 aromatic rings. The van der Waals surface area contributed by atoms with Crippen LogP contribution < -0.4 is 5.32 Å². The summed E-state index contributed by atoms with van der Waals surface area (Å²) < 4.78 is 4.93. The summed E-state index contributed by atoms with van der Waals surface area (Å²) in [6.45, 7) is 9.09. The summed E-state index contributed by atoms with van der Waals surface area (Å²) in [5.74, 6) is -0.524. The van der Waals surface area contributed by atoms with Gasteiger partial charge in [0.05, 0.1) is 13.2 Å². The Bertz CT molecular complexity index is 409. The van der Waals surface area contributed by atoms with Crippen LogP contribution in [0.25, 0.3) is 0 Å². The van der Waals surface area contributed by atoms with Gasteiger partial charge in [-0.3, -0.25) is 19.4 Å². The lowest BCUT2D eigenvalue weighted by Gasteiger charge is -2.23. The zero-order valence-corrected chi connectivity index (χ0v) is 13.3. The van der Waals surface area contributed by atoms with Crippen molar-refractivity contribution in [2.24, 2.45) is 0 Å². The number of carbonyl (C=O) groups is 3. The van der Waals surface area contributed by atoms with Gasteiger partial charge in [-0.15, -0.1) is 0 Å². The Balaban J connectivity index is 2.55. The normalized spacial score (nSPS) is 17.3. The Hall–Kier alpha value is -1.63. The van der Waals surface area contributed by atoms with E-state index in [4.69, 9.17) is 4.74 Å². The van der Waals surface area contributed by atoms with Crippen LogP contribution in [0.3, 0.4) is 0 Å². The third-order valence-electron chi connectivity index (χ3n) is 3.28. The van der Waals surface area contributed by atoms with E-state index >= 15 is 0 Å². The first-order chi connectivity index (χ1) is 9.81. The second-order valence-corrected chi connectivity index (χ2v) is 5.59. The molecule has 7 heteroatoms. The number of nitrogens with one attached hydrogen (secondary N) is 1. The van der Waals surface area contributed by atoms with Crippen LogP contribution in [0, 0.1) is 0 Å². The Labute approximate surface area is 125 Å². The summed E-state index contributed by atoms with van der Waals surface area (Å²) in [5.41, 5.74) is -0.853. The quantitative estimate of drug-likeness (QED) is 0.524. The average molecular weight is 299 g/mol. The summed E-state index contributed by atoms with van der Waals surface area (Å²) >= 11 is 0. The predicted molar refractivity (Wildman–Crippen MR) is 77.7 cm³/mol. The molecule has 0 aromatic carbocycles. The summed E-state index contributed by atoms with van der Waals surface area (Å²) in [5, 5.41) is 2.64. The van der Waals surface area contributed by atoms with E-state index in [0.29, 0.717) is 19.7 Å². The van der Waals surface area contributed by atoms with Gasteiger partial charge in [0, 0.05) is 13.1 Å². The van der Waals surface area contributed by atoms with Gasteiger partial charge in [-0.2, -0.15) is 0 Å². The van der Waals surface area contributed by atoms with Gasteiger partial charge in [0.1, 0.15) is 5.54 Å². The van der Waals surface area contributed by atoms with Crippen LogP contribution in [0.15, 0.2) is 0 Å². The Morgan fingerprint density at radius 1 is 1.29 bits per heavy atom. The number of hydrogen-bond acceptors (Lipinski definition) is 5. The molecule has 1 fully saturated rings. The van der Waals surface area contributed by atoms with Crippen molar-refractivity contribution in [3.8, 4) is 0 Å². The standard InChI is InChI=1S/C14H25N3O4/c1-5-7-16(10-11(18)21-6-2)8-9-17-12(19)14(3,4)15-13(17)20/h5-10H2,1-4H3,(H,15,20). The molecule has 7 nitrogen and oxygen atoms in total. The minimum Gasteiger partial charge on any atom is -0.465 e. The number of hydrogen-bond donors (Lipinski definition) is 1. The van der Waals surface area contributed by atoms with Crippen molar-refractivity contribution >= 4 is 17.9 Å². The first kappa shape index (κ1) is 17.4. The second kappa shape index (κ2) is 7.40. The molecular formula is C14H25N3O4. The van der Waals surface area contributed by atoms with Gasteiger partial charge in [0.2, 0.25) is 0 Å². The molecule has 0 unspecified atom stereocenters. The maximum Gasteiger partial charge on any atom is 0.325 e. The van der Waals surface area contributed by atoms with Crippen LogP contribution >= 0.6 is 0 Å². The Kier molecular flexibility index (Phi) is 6.14. The molecule has 1 rings (SSSR count). The summed E-state index contributed by atoms with van der Waals surface area (Å²) in [4.78, 5) is 38.5. The van der Waals surface area contributed by atoms with Crippen molar-refractivity contribution in [2.75, 3.05) is 32.8 Å². The molecule has 1 heterocycles. The van der Waals surface area contributed by atoms with Gasteiger partial charge in [-0.25, -0.2) is 4.79 Å². The molecule has 0 aromatic heterocycles. The SMILES string of the molecule is CCCN(CCN1C(=O)NC(C)(C)C1=O)CC(=O)OCC. The van der Waals surface area contributed by atoms with Crippen molar-refractivity contribution in [3.05, 3.63) is 0 Å². The van der Waals surface area contributed by atoms with Crippen LogP contribution in [0.5, 0.6) is 0 Å². The van der Waals surface area contributed by atoms with E-state index in [2.05, 4.69) is 5.32 Å². The van der Waals surface area contributed by atoms with Gasteiger partial charge in [0.15, 0.2) is 0 Å². The fraction of sp³-hybridized carbons (Fsp3) is 0.786. The second-order valence-electron chi connectivity index (χ2n) is 5.59. The molecule has 0 atom stereocenters. The van der Waals surface area contributed by atoms with Crippen LogP contribution in [-0.4, -0.2) is 66.0 Å². The number of imide groups is 1. The highest BCUT2D eigenvalue weighted by molar-refractivity contribution is 6.06. The summed E-state index contributed by atoms with van der Waals surface area (Å²) in [6.07, 6.45) is 0.880. The molecule has 1 aliphatic heterocycles. The van der Waals surface area contributed by atoms with Crippen LogP contribution in [-0.2, 0) is 14.3 Å². The van der Waals surface area contributed by atoms with Crippen molar-refractivity contribution in [3.63, 3.8) is 0 Å². The lowest BCUT2D eigenvalue weighted by Crippen LogP contribution is -2.43. The lowest BCUT2D eigenvalue weighted by atomic mass is 10.1. The lowest BCUT2D eigenvalue weighted by molar-refractivity contribution is -0.144. The van der Waals surface area contributed by atoms with Crippen LogP contribution in [0.4, 0.5) is 4.79 Å². The topological polar surface area (TPSA) is 79.0 Å². The number of rotatable bonds is 8. The van der Waals surface area contributed by atoms with Crippen molar-refractivity contribution in [1.82, 2.24) is 15.1 Å². The number of carbonyl (C=O) groups excluding carboxylic acids is 3. The maximum atomic E-state index is 12.1. The molecule has 1 aliphatic rings. The summed E-state index contributed by atoms with van der Waals surface area (Å²) in [7, 11) is 0. The zero-order chi connectivity index (χ0) is 16.0. The van der Waals surface area contributed by atoms with E-state index in [-0.39, 0.29) is 31.0 Å². The van der Waals surface area contributed by atoms with Crippen LogP contribution in [0.2, 0.25) is 0 Å². The molecule has 1 saturated heterocycles. The molecule has 0 saturated carbocycles. The number of ether oxygens (including phenoxy) is 1. The van der Waals surface area contributed by atoms with Gasteiger partial charge in [0.25, 0.3) is 5.91 Å².